The minimum atomic E-state index is -5.08. The van der Waals surface area contributed by atoms with Crippen LogP contribution in [0.1, 0.15) is 16.7 Å². The van der Waals surface area contributed by atoms with Crippen molar-refractivity contribution in [2.24, 2.45) is 0 Å². The third-order valence-corrected chi connectivity index (χ3v) is 4.68. The van der Waals surface area contributed by atoms with Gasteiger partial charge in [-0.25, -0.2) is 8.42 Å². The maximum atomic E-state index is 13.0. The number of sulfonamides is 1. The molecule has 0 spiro atoms. The third kappa shape index (κ3) is 5.34. The van der Waals surface area contributed by atoms with Crippen LogP contribution in [-0.2, 0) is 28.1 Å². The van der Waals surface area contributed by atoms with Gasteiger partial charge in [-0.15, -0.1) is 0 Å². The van der Waals surface area contributed by atoms with Crippen molar-refractivity contribution in [3.63, 3.8) is 0 Å². The Balaban J connectivity index is 3.44. The molecular formula is C13H9F6N3O2S. The number of hydrogen-bond acceptors (Lipinski definition) is 4. The summed E-state index contributed by atoms with van der Waals surface area (Å²) in [7, 11) is -4.62. The van der Waals surface area contributed by atoms with Gasteiger partial charge in [0.25, 0.3) is 0 Å². The Morgan fingerprint density at radius 3 is 1.88 bits per heavy atom. The lowest BCUT2D eigenvalue weighted by Crippen LogP contribution is -2.33. The average Bonchev–Trinajstić information content (AvgIpc) is 2.44. The lowest BCUT2D eigenvalue weighted by atomic mass is 10.0. The van der Waals surface area contributed by atoms with Crippen molar-refractivity contribution >= 4 is 10.0 Å². The van der Waals surface area contributed by atoms with Crippen LogP contribution in [0.5, 0.6) is 0 Å². The van der Waals surface area contributed by atoms with Crippen molar-refractivity contribution < 1.29 is 34.8 Å². The Morgan fingerprint density at radius 2 is 1.48 bits per heavy atom. The number of hydrogen-bond donors (Lipinski definition) is 0. The first-order valence-electron chi connectivity index (χ1n) is 6.32. The molecule has 0 amide bonds. The molecule has 25 heavy (non-hydrogen) atoms. The van der Waals surface area contributed by atoms with Crippen LogP contribution < -0.4 is 0 Å². The van der Waals surface area contributed by atoms with Crippen LogP contribution >= 0.6 is 0 Å². The lowest BCUT2D eigenvalue weighted by molar-refractivity contribution is -0.141. The Hall–Kier alpha value is -2.31. The molecule has 0 fully saturated rings. The summed E-state index contributed by atoms with van der Waals surface area (Å²) >= 11 is 0. The number of nitriles is 2. The van der Waals surface area contributed by atoms with Gasteiger partial charge in [0, 0.05) is 0 Å². The molecule has 1 aromatic carbocycles. The smallest absolute Gasteiger partial charge is 0.212 e. The van der Waals surface area contributed by atoms with Gasteiger partial charge in [0.05, 0.1) is 29.0 Å². The lowest BCUT2D eigenvalue weighted by Gasteiger charge is -2.19. The molecule has 5 nitrogen and oxygen atoms in total. The second-order valence-corrected chi connectivity index (χ2v) is 6.68. The maximum absolute atomic E-state index is 13.0. The van der Waals surface area contributed by atoms with Gasteiger partial charge in [-0.1, -0.05) is 0 Å². The van der Waals surface area contributed by atoms with E-state index in [-0.39, 0.29) is 22.5 Å². The first-order valence-corrected chi connectivity index (χ1v) is 7.93. The van der Waals surface area contributed by atoms with Gasteiger partial charge in [0.2, 0.25) is 10.0 Å². The molecule has 1 rings (SSSR count). The highest BCUT2D eigenvalue weighted by Gasteiger charge is 2.38. The molecule has 0 saturated heterocycles. The zero-order chi connectivity index (χ0) is 19.5. The first kappa shape index (κ1) is 20.7. The van der Waals surface area contributed by atoms with Crippen LogP contribution in [0.2, 0.25) is 0 Å². The maximum Gasteiger partial charge on any atom is 0.416 e. The molecule has 0 aliphatic heterocycles. The monoisotopic (exact) mass is 385 g/mol. The van der Waals surface area contributed by atoms with Gasteiger partial charge in [-0.2, -0.15) is 41.2 Å². The van der Waals surface area contributed by atoms with Crippen molar-refractivity contribution in [2.45, 2.75) is 18.1 Å². The van der Waals surface area contributed by atoms with E-state index in [1.54, 1.807) is 0 Å². The molecule has 0 radical (unpaired) electrons. The molecule has 0 saturated carbocycles. The zero-order valence-corrected chi connectivity index (χ0v) is 13.0. The van der Waals surface area contributed by atoms with Crippen molar-refractivity contribution in [1.82, 2.24) is 4.31 Å². The number of benzene rings is 1. The summed E-state index contributed by atoms with van der Waals surface area (Å²) in [4.78, 5) is 0. The van der Waals surface area contributed by atoms with E-state index in [0.717, 1.165) is 0 Å². The van der Waals surface area contributed by atoms with Crippen molar-refractivity contribution in [2.75, 3.05) is 13.1 Å². The first-order chi connectivity index (χ1) is 11.3. The summed E-state index contributed by atoms with van der Waals surface area (Å²) in [6.45, 7) is -1.65. The summed E-state index contributed by atoms with van der Waals surface area (Å²) in [5, 5.41) is 17.1. The zero-order valence-electron chi connectivity index (χ0n) is 12.2. The van der Waals surface area contributed by atoms with E-state index in [1.807, 2.05) is 0 Å². The minimum absolute atomic E-state index is 0.0945. The van der Waals surface area contributed by atoms with Crippen molar-refractivity contribution in [3.05, 3.63) is 34.9 Å². The van der Waals surface area contributed by atoms with Gasteiger partial charge < -0.3 is 0 Å². The molecule has 0 unspecified atom stereocenters. The Labute approximate surface area is 138 Å². The Kier molecular flexibility index (Phi) is 6.05. The van der Waals surface area contributed by atoms with Crippen LogP contribution in [0.25, 0.3) is 0 Å². The average molecular weight is 385 g/mol. The van der Waals surface area contributed by atoms with E-state index in [1.165, 1.54) is 12.1 Å². The molecule has 0 atom stereocenters. The summed E-state index contributed by atoms with van der Waals surface area (Å²) in [6.07, 6.45) is -10.0. The van der Waals surface area contributed by atoms with Crippen LogP contribution in [0.4, 0.5) is 26.3 Å². The van der Waals surface area contributed by atoms with Crippen molar-refractivity contribution in [3.8, 4) is 12.1 Å². The van der Waals surface area contributed by atoms with Gasteiger partial charge in [0.15, 0.2) is 0 Å². The molecule has 0 aliphatic rings. The van der Waals surface area contributed by atoms with E-state index in [0.29, 0.717) is 0 Å². The summed E-state index contributed by atoms with van der Waals surface area (Å²) in [5.41, 5.74) is -4.11. The van der Waals surface area contributed by atoms with Crippen LogP contribution in [0, 0.1) is 22.7 Å². The molecule has 0 N–H and O–H groups in total. The van der Waals surface area contributed by atoms with E-state index in [9.17, 15) is 34.8 Å². The Morgan fingerprint density at radius 1 is 0.960 bits per heavy atom. The number of halogens is 6. The van der Waals surface area contributed by atoms with E-state index >= 15 is 0 Å². The van der Waals surface area contributed by atoms with E-state index in [2.05, 4.69) is 0 Å². The predicted octanol–water partition coefficient (Wildman–Crippen LogP) is 2.90. The number of alkyl halides is 6. The highest BCUT2D eigenvalue weighted by atomic mass is 32.2. The second-order valence-electron chi connectivity index (χ2n) is 4.71. The molecule has 0 heterocycles. The Bertz CT molecular complexity index is 802. The largest absolute Gasteiger partial charge is 0.416 e. The van der Waals surface area contributed by atoms with Crippen LogP contribution in [0.15, 0.2) is 18.2 Å². The fourth-order valence-corrected chi connectivity index (χ4v) is 3.19. The van der Waals surface area contributed by atoms with E-state index in [4.69, 9.17) is 10.5 Å². The molecular weight excluding hydrogens is 376 g/mol. The topological polar surface area (TPSA) is 85.0 Å². The molecule has 0 bridgehead atoms. The highest BCUT2D eigenvalue weighted by molar-refractivity contribution is 7.88. The van der Waals surface area contributed by atoms with Gasteiger partial charge in [-0.3, -0.25) is 0 Å². The summed E-state index contributed by atoms with van der Waals surface area (Å²) in [5.74, 6) is -1.44. The third-order valence-electron chi connectivity index (χ3n) is 2.96. The summed E-state index contributed by atoms with van der Waals surface area (Å²) in [6, 6.07) is 3.27. The van der Waals surface area contributed by atoms with Gasteiger partial charge in [0.1, 0.15) is 13.1 Å². The van der Waals surface area contributed by atoms with Crippen molar-refractivity contribution in [1.29, 1.82) is 10.5 Å². The molecule has 12 heteroatoms. The SMILES string of the molecule is N#CCN(CC#N)S(=O)(=O)Cc1cc(C(F)(F)F)ccc1C(F)(F)F. The van der Waals surface area contributed by atoms with Gasteiger partial charge >= 0.3 is 12.4 Å². The molecule has 1 aromatic rings. The van der Waals surface area contributed by atoms with Crippen LogP contribution in [0.3, 0.4) is 0 Å². The summed E-state index contributed by atoms with van der Waals surface area (Å²) < 4.78 is 101. The molecule has 0 aromatic heterocycles. The minimum Gasteiger partial charge on any atom is -0.212 e. The second kappa shape index (κ2) is 7.29. The number of rotatable bonds is 5. The molecule has 136 valence electrons. The normalized spacial score (nSPS) is 12.7. The van der Waals surface area contributed by atoms with E-state index < -0.39 is 57.9 Å². The standard InChI is InChI=1S/C13H9F6N3O2S/c14-12(15,16)10-1-2-11(13(17,18)19)9(7-10)8-25(23,24)22(5-3-20)6-4-21/h1-2,7H,5-6,8H2. The number of nitrogens with zero attached hydrogens (tertiary/aromatic N) is 3. The molecule has 0 aliphatic carbocycles. The highest BCUT2D eigenvalue weighted by Crippen LogP contribution is 2.37. The fourth-order valence-electron chi connectivity index (χ4n) is 1.86. The predicted molar refractivity (Wildman–Crippen MR) is 71.9 cm³/mol. The van der Waals surface area contributed by atoms with Gasteiger partial charge in [-0.05, 0) is 23.8 Å². The fraction of sp³-hybridized carbons (Fsp3) is 0.385. The van der Waals surface area contributed by atoms with Crippen LogP contribution in [-0.4, -0.2) is 25.8 Å². The quantitative estimate of drug-likeness (QED) is 0.576.